The van der Waals surface area contributed by atoms with Crippen LogP contribution in [0.25, 0.3) is 0 Å². The molecule has 0 fully saturated rings. The van der Waals surface area contributed by atoms with Crippen LogP contribution in [0.1, 0.15) is 65.2 Å². The van der Waals surface area contributed by atoms with Gasteiger partial charge in [0.05, 0.1) is 19.4 Å². The molecule has 5 nitrogen and oxygen atoms in total. The van der Waals surface area contributed by atoms with Crippen molar-refractivity contribution in [2.45, 2.75) is 65.2 Å². The van der Waals surface area contributed by atoms with Crippen LogP contribution >= 0.6 is 7.60 Å². The van der Waals surface area contributed by atoms with Crippen LogP contribution in [0.2, 0.25) is 0 Å². The zero-order valence-corrected chi connectivity index (χ0v) is 14.9. The lowest BCUT2D eigenvalue weighted by molar-refractivity contribution is -0.130. The summed E-state index contributed by atoms with van der Waals surface area (Å²) in [6.45, 7) is 6.79. The highest BCUT2D eigenvalue weighted by Gasteiger charge is 2.28. The van der Waals surface area contributed by atoms with Gasteiger partial charge in [0.15, 0.2) is 0 Å². The Kier molecular flexibility index (Phi) is 12.5. The zero-order valence-electron chi connectivity index (χ0n) is 14.0. The van der Waals surface area contributed by atoms with Crippen molar-refractivity contribution < 1.29 is 23.5 Å². The topological polar surface area (TPSA) is 72.8 Å². The van der Waals surface area contributed by atoms with E-state index in [4.69, 9.17) is 14.2 Å². The van der Waals surface area contributed by atoms with E-state index >= 15 is 0 Å². The first-order valence-corrected chi connectivity index (χ1v) is 9.92. The number of unbranched alkanes of at least 4 members (excludes halogenated alkanes) is 7. The van der Waals surface area contributed by atoms with Gasteiger partial charge in [0, 0.05) is 5.57 Å². The SMILES string of the molecule is C=C(C)C(=O)OP(=O)(CCCCCCCCCC)OCCO. The van der Waals surface area contributed by atoms with Gasteiger partial charge in [0.1, 0.15) is 0 Å². The second-order valence-corrected chi connectivity index (χ2v) is 7.64. The molecule has 130 valence electrons. The van der Waals surface area contributed by atoms with Crippen molar-refractivity contribution >= 4 is 13.6 Å². The first-order chi connectivity index (χ1) is 10.4. The third kappa shape index (κ3) is 11.0. The quantitative estimate of drug-likeness (QED) is 0.289. The van der Waals surface area contributed by atoms with Gasteiger partial charge < -0.3 is 9.63 Å². The van der Waals surface area contributed by atoms with Crippen molar-refractivity contribution in [1.82, 2.24) is 0 Å². The van der Waals surface area contributed by atoms with Crippen LogP contribution in [-0.4, -0.2) is 30.5 Å². The molecule has 0 saturated carbocycles. The molecule has 0 aliphatic rings. The maximum absolute atomic E-state index is 12.4. The highest BCUT2D eigenvalue weighted by molar-refractivity contribution is 7.54. The summed E-state index contributed by atoms with van der Waals surface area (Å²) < 4.78 is 22.5. The minimum Gasteiger partial charge on any atom is -0.394 e. The summed E-state index contributed by atoms with van der Waals surface area (Å²) in [5, 5.41) is 8.78. The lowest BCUT2D eigenvalue weighted by Gasteiger charge is -2.17. The van der Waals surface area contributed by atoms with Gasteiger partial charge >= 0.3 is 13.6 Å². The summed E-state index contributed by atoms with van der Waals surface area (Å²) in [6.07, 6.45) is 9.08. The highest BCUT2D eigenvalue weighted by Crippen LogP contribution is 2.49. The number of aliphatic hydroxyl groups is 1. The molecular weight excluding hydrogens is 303 g/mol. The Morgan fingerprint density at radius 2 is 1.64 bits per heavy atom. The van der Waals surface area contributed by atoms with E-state index in [9.17, 15) is 9.36 Å². The van der Waals surface area contributed by atoms with Gasteiger partial charge in [0.25, 0.3) is 0 Å². The van der Waals surface area contributed by atoms with Gasteiger partial charge in [-0.3, -0.25) is 4.52 Å². The normalized spacial score (nSPS) is 13.6. The molecule has 0 aromatic heterocycles. The summed E-state index contributed by atoms with van der Waals surface area (Å²) in [4.78, 5) is 11.5. The summed E-state index contributed by atoms with van der Waals surface area (Å²) >= 11 is 0. The van der Waals surface area contributed by atoms with E-state index in [-0.39, 0.29) is 24.9 Å². The van der Waals surface area contributed by atoms with Gasteiger partial charge in [-0.1, -0.05) is 58.4 Å². The molecule has 1 N–H and O–H groups in total. The second-order valence-electron chi connectivity index (χ2n) is 5.53. The molecule has 1 atom stereocenters. The lowest BCUT2D eigenvalue weighted by Crippen LogP contribution is -2.09. The predicted molar refractivity (Wildman–Crippen MR) is 89.0 cm³/mol. The van der Waals surface area contributed by atoms with Crippen LogP contribution in [0.3, 0.4) is 0 Å². The van der Waals surface area contributed by atoms with Crippen LogP contribution in [-0.2, 0) is 18.4 Å². The molecule has 0 radical (unpaired) electrons. The molecule has 22 heavy (non-hydrogen) atoms. The molecule has 0 saturated heterocycles. The van der Waals surface area contributed by atoms with Crippen molar-refractivity contribution in [2.24, 2.45) is 0 Å². The molecule has 0 rings (SSSR count). The van der Waals surface area contributed by atoms with E-state index in [0.717, 1.165) is 12.8 Å². The average molecular weight is 334 g/mol. The van der Waals surface area contributed by atoms with Crippen LogP contribution in [0, 0.1) is 0 Å². The monoisotopic (exact) mass is 334 g/mol. The van der Waals surface area contributed by atoms with Crippen molar-refractivity contribution in [3.8, 4) is 0 Å². The zero-order chi connectivity index (χ0) is 16.8. The average Bonchev–Trinajstić information content (AvgIpc) is 2.48. The number of carbonyl (C=O) groups excluding carboxylic acids is 1. The minimum atomic E-state index is -3.48. The number of carbonyl (C=O) groups is 1. The van der Waals surface area contributed by atoms with Gasteiger partial charge in [-0.2, -0.15) is 0 Å². The van der Waals surface area contributed by atoms with E-state index in [2.05, 4.69) is 13.5 Å². The summed E-state index contributed by atoms with van der Waals surface area (Å²) in [5.74, 6) is -0.708. The van der Waals surface area contributed by atoms with E-state index in [0.29, 0.717) is 6.42 Å². The minimum absolute atomic E-state index is 0.0994. The molecule has 0 aromatic carbocycles. The largest absolute Gasteiger partial charge is 0.394 e. The Labute approximate surface area is 134 Å². The number of hydrogen-bond donors (Lipinski definition) is 1. The second kappa shape index (κ2) is 12.9. The Bertz CT molecular complexity index is 368. The van der Waals surface area contributed by atoms with Crippen molar-refractivity contribution in [3.63, 3.8) is 0 Å². The summed E-state index contributed by atoms with van der Waals surface area (Å²) in [5.41, 5.74) is 0.184. The van der Waals surface area contributed by atoms with Crippen LogP contribution < -0.4 is 0 Å². The Morgan fingerprint density at radius 1 is 1.09 bits per heavy atom. The molecule has 0 aliphatic carbocycles. The standard InChI is InChI=1S/C16H31O5P/c1-4-5-6-7-8-9-10-11-14-22(19,20-13-12-17)21-16(18)15(2)3/h17H,2,4-14H2,1,3H3. The maximum atomic E-state index is 12.4. The smallest absolute Gasteiger partial charge is 0.381 e. The number of aliphatic hydroxyl groups excluding tert-OH is 1. The fourth-order valence-corrected chi connectivity index (χ4v) is 3.61. The van der Waals surface area contributed by atoms with Crippen LogP contribution in [0.4, 0.5) is 0 Å². The van der Waals surface area contributed by atoms with Crippen molar-refractivity contribution in [2.75, 3.05) is 19.4 Å². The van der Waals surface area contributed by atoms with Gasteiger partial charge in [-0.25, -0.2) is 9.36 Å². The van der Waals surface area contributed by atoms with E-state index in [1.54, 1.807) is 0 Å². The van der Waals surface area contributed by atoms with E-state index in [1.165, 1.54) is 39.0 Å². The summed E-state index contributed by atoms with van der Waals surface area (Å²) in [7, 11) is -3.48. The molecule has 6 heteroatoms. The van der Waals surface area contributed by atoms with Crippen LogP contribution in [0.5, 0.6) is 0 Å². The van der Waals surface area contributed by atoms with Crippen LogP contribution in [0.15, 0.2) is 12.2 Å². The fraction of sp³-hybridized carbons (Fsp3) is 0.812. The first-order valence-electron chi connectivity index (χ1n) is 8.19. The van der Waals surface area contributed by atoms with Gasteiger partial charge in [-0.05, 0) is 13.3 Å². The number of hydrogen-bond acceptors (Lipinski definition) is 5. The lowest BCUT2D eigenvalue weighted by atomic mass is 10.1. The molecule has 0 bridgehead atoms. The molecule has 1 unspecified atom stereocenters. The molecule has 0 aliphatic heterocycles. The summed E-state index contributed by atoms with van der Waals surface area (Å²) in [6, 6.07) is 0. The maximum Gasteiger partial charge on any atom is 0.381 e. The molecular formula is C16H31O5P. The van der Waals surface area contributed by atoms with E-state index in [1.807, 2.05) is 0 Å². The Morgan fingerprint density at radius 3 is 2.14 bits per heavy atom. The van der Waals surface area contributed by atoms with Gasteiger partial charge in [0.2, 0.25) is 0 Å². The van der Waals surface area contributed by atoms with E-state index < -0.39 is 13.6 Å². The molecule has 0 spiro atoms. The Balaban J connectivity index is 4.06. The first kappa shape index (κ1) is 21.4. The van der Waals surface area contributed by atoms with Crippen molar-refractivity contribution in [1.29, 1.82) is 0 Å². The Hall–Kier alpha value is -0.640. The molecule has 0 aromatic rings. The number of rotatable bonds is 14. The van der Waals surface area contributed by atoms with Gasteiger partial charge in [-0.15, -0.1) is 0 Å². The third-order valence-electron chi connectivity index (χ3n) is 3.24. The highest BCUT2D eigenvalue weighted by atomic mass is 31.2. The van der Waals surface area contributed by atoms with Crippen molar-refractivity contribution in [3.05, 3.63) is 12.2 Å². The molecule has 0 heterocycles. The third-order valence-corrected chi connectivity index (χ3v) is 5.12. The molecule has 0 amide bonds. The predicted octanol–water partition coefficient (Wildman–Crippen LogP) is 4.45. The fourth-order valence-electron chi connectivity index (χ4n) is 1.96.